The van der Waals surface area contributed by atoms with E-state index in [4.69, 9.17) is 9.47 Å². The monoisotopic (exact) mass is 412 g/mol. The maximum Gasteiger partial charge on any atom is 0.274 e. The number of benzene rings is 2. The molecule has 10 heteroatoms. The van der Waals surface area contributed by atoms with Crippen LogP contribution in [0.25, 0.3) is 0 Å². The number of carbonyl (C=O) groups is 2. The van der Waals surface area contributed by atoms with Gasteiger partial charge in [-0.1, -0.05) is 18.7 Å². The SMILES string of the molecule is C=CCOc1c(C=NNC(=O)c2cccc(NC(C)=O)c2)cc([N+](=O)[O-])cc1OC. The van der Waals surface area contributed by atoms with Gasteiger partial charge in [-0.05, 0) is 18.2 Å². The average molecular weight is 412 g/mol. The summed E-state index contributed by atoms with van der Waals surface area (Å²) in [6.07, 6.45) is 2.72. The number of hydrogen-bond donors (Lipinski definition) is 2. The normalized spacial score (nSPS) is 10.3. The first kappa shape index (κ1) is 22.1. The second-order valence-electron chi connectivity index (χ2n) is 5.88. The Kier molecular flexibility index (Phi) is 7.63. The van der Waals surface area contributed by atoms with E-state index in [2.05, 4.69) is 22.4 Å². The van der Waals surface area contributed by atoms with Gasteiger partial charge >= 0.3 is 0 Å². The predicted molar refractivity (Wildman–Crippen MR) is 111 cm³/mol. The van der Waals surface area contributed by atoms with Crippen molar-refractivity contribution in [2.75, 3.05) is 19.0 Å². The van der Waals surface area contributed by atoms with E-state index >= 15 is 0 Å². The van der Waals surface area contributed by atoms with Crippen LogP contribution in [0.2, 0.25) is 0 Å². The third-order valence-corrected chi connectivity index (χ3v) is 3.66. The number of nitrogens with zero attached hydrogens (tertiary/aromatic N) is 2. The first-order valence-electron chi connectivity index (χ1n) is 8.67. The number of nitro benzene ring substituents is 1. The van der Waals surface area contributed by atoms with Crippen molar-refractivity contribution in [1.29, 1.82) is 0 Å². The van der Waals surface area contributed by atoms with E-state index in [1.165, 1.54) is 44.5 Å². The lowest BCUT2D eigenvalue weighted by Gasteiger charge is -2.12. The molecule has 0 aliphatic heterocycles. The van der Waals surface area contributed by atoms with E-state index in [1.54, 1.807) is 18.2 Å². The highest BCUT2D eigenvalue weighted by Crippen LogP contribution is 2.34. The van der Waals surface area contributed by atoms with E-state index in [0.717, 1.165) is 0 Å². The molecule has 10 nitrogen and oxygen atoms in total. The molecule has 0 aromatic heterocycles. The molecule has 0 aliphatic rings. The second-order valence-corrected chi connectivity index (χ2v) is 5.88. The number of rotatable bonds is 9. The molecule has 0 spiro atoms. The van der Waals surface area contributed by atoms with Gasteiger partial charge in [-0.2, -0.15) is 5.10 Å². The number of nitrogens with one attached hydrogen (secondary N) is 2. The lowest BCUT2D eigenvalue weighted by molar-refractivity contribution is -0.385. The van der Waals surface area contributed by atoms with Crippen molar-refractivity contribution >= 4 is 29.4 Å². The quantitative estimate of drug-likeness (QED) is 0.282. The zero-order valence-corrected chi connectivity index (χ0v) is 16.4. The largest absolute Gasteiger partial charge is 0.493 e. The fraction of sp³-hybridized carbons (Fsp3) is 0.150. The topological polar surface area (TPSA) is 132 Å². The molecule has 0 heterocycles. The minimum absolute atomic E-state index is 0.136. The van der Waals surface area contributed by atoms with Crippen LogP contribution in [0, 0.1) is 10.1 Å². The number of hydrazone groups is 1. The van der Waals surface area contributed by atoms with E-state index in [1.807, 2.05) is 0 Å². The lowest BCUT2D eigenvalue weighted by Crippen LogP contribution is -2.18. The summed E-state index contributed by atoms with van der Waals surface area (Å²) >= 11 is 0. The molecule has 0 fully saturated rings. The summed E-state index contributed by atoms with van der Waals surface area (Å²) in [5.41, 5.74) is 3.06. The summed E-state index contributed by atoms with van der Waals surface area (Å²) < 4.78 is 10.7. The van der Waals surface area contributed by atoms with Crippen molar-refractivity contribution in [3.8, 4) is 11.5 Å². The van der Waals surface area contributed by atoms with Gasteiger partial charge in [0.05, 0.1) is 24.3 Å². The van der Waals surface area contributed by atoms with Crippen molar-refractivity contribution in [3.05, 3.63) is 70.3 Å². The third-order valence-electron chi connectivity index (χ3n) is 3.66. The Labute approximate surface area is 172 Å². The first-order valence-corrected chi connectivity index (χ1v) is 8.67. The van der Waals surface area contributed by atoms with Crippen molar-refractivity contribution in [2.24, 2.45) is 5.10 Å². The minimum atomic E-state index is -0.580. The molecule has 2 N–H and O–H groups in total. The van der Waals surface area contributed by atoms with Crippen molar-refractivity contribution in [1.82, 2.24) is 5.43 Å². The molecule has 30 heavy (non-hydrogen) atoms. The minimum Gasteiger partial charge on any atom is -0.493 e. The van der Waals surface area contributed by atoms with E-state index < -0.39 is 10.8 Å². The molecule has 0 bridgehead atoms. The van der Waals surface area contributed by atoms with E-state index in [9.17, 15) is 19.7 Å². The van der Waals surface area contributed by atoms with Gasteiger partial charge in [-0.3, -0.25) is 19.7 Å². The molecular formula is C20H20N4O6. The Morgan fingerprint density at radius 1 is 1.30 bits per heavy atom. The molecule has 2 aromatic carbocycles. The van der Waals surface area contributed by atoms with Crippen molar-refractivity contribution in [3.63, 3.8) is 0 Å². The van der Waals surface area contributed by atoms with Crippen LogP contribution < -0.4 is 20.2 Å². The van der Waals surface area contributed by atoms with Gasteiger partial charge in [0.25, 0.3) is 11.6 Å². The summed E-state index contributed by atoms with van der Waals surface area (Å²) in [6, 6.07) is 8.75. The van der Waals surface area contributed by atoms with Crippen LogP contribution in [0.15, 0.2) is 54.2 Å². The predicted octanol–water partition coefficient (Wildman–Crippen LogP) is 2.89. The summed E-state index contributed by atoms with van der Waals surface area (Å²) in [5, 5.41) is 17.6. The van der Waals surface area contributed by atoms with Gasteiger partial charge < -0.3 is 14.8 Å². The highest BCUT2D eigenvalue weighted by Gasteiger charge is 2.18. The van der Waals surface area contributed by atoms with Gasteiger partial charge in [-0.25, -0.2) is 5.43 Å². The Morgan fingerprint density at radius 3 is 2.70 bits per heavy atom. The van der Waals surface area contributed by atoms with Crippen LogP contribution in [0.1, 0.15) is 22.8 Å². The molecule has 0 atom stereocenters. The molecule has 2 aromatic rings. The maximum absolute atomic E-state index is 12.3. The second kappa shape index (κ2) is 10.4. The Hall–Kier alpha value is -4.21. The molecule has 2 rings (SSSR count). The van der Waals surface area contributed by atoms with Crippen LogP contribution in [-0.2, 0) is 4.79 Å². The van der Waals surface area contributed by atoms with Crippen molar-refractivity contribution in [2.45, 2.75) is 6.92 Å². The number of carbonyl (C=O) groups excluding carboxylic acids is 2. The molecule has 0 saturated carbocycles. The van der Waals surface area contributed by atoms with Gasteiger partial charge in [0.1, 0.15) is 6.61 Å². The standard InChI is InChI=1S/C20H20N4O6/c1-4-8-30-19-15(10-17(24(27)28)11-18(19)29-3)12-21-23-20(26)14-6-5-7-16(9-14)22-13(2)25/h4-7,9-12H,1,8H2,2-3H3,(H,22,25)(H,23,26). The summed E-state index contributed by atoms with van der Waals surface area (Å²) in [6.45, 7) is 5.05. The Balaban J connectivity index is 2.26. The smallest absolute Gasteiger partial charge is 0.274 e. The summed E-state index contributed by atoms with van der Waals surface area (Å²) in [4.78, 5) is 34.1. The fourth-order valence-electron chi connectivity index (χ4n) is 2.42. The van der Waals surface area contributed by atoms with E-state index in [0.29, 0.717) is 5.69 Å². The summed E-state index contributed by atoms with van der Waals surface area (Å²) in [5.74, 6) is -0.447. The maximum atomic E-state index is 12.3. The van der Waals surface area contributed by atoms with Gasteiger partial charge in [0.2, 0.25) is 5.91 Å². The number of ether oxygens (including phenoxy) is 2. The molecule has 0 aliphatic carbocycles. The van der Waals surface area contributed by atoms with Gasteiger partial charge in [0, 0.05) is 29.8 Å². The highest BCUT2D eigenvalue weighted by atomic mass is 16.6. The number of nitro groups is 1. The third kappa shape index (κ3) is 5.89. The molecular weight excluding hydrogens is 392 g/mol. The van der Waals surface area contributed by atoms with Gasteiger partial charge in [0.15, 0.2) is 11.5 Å². The molecule has 0 radical (unpaired) electrons. The molecule has 2 amide bonds. The highest BCUT2D eigenvalue weighted by molar-refractivity contribution is 5.97. The zero-order chi connectivity index (χ0) is 22.1. The number of methoxy groups -OCH3 is 1. The molecule has 0 saturated heterocycles. The molecule has 0 unspecified atom stereocenters. The average Bonchev–Trinajstić information content (AvgIpc) is 2.71. The zero-order valence-electron chi connectivity index (χ0n) is 16.4. The van der Waals surface area contributed by atoms with E-state index in [-0.39, 0.29) is 40.8 Å². The van der Waals surface area contributed by atoms with Crippen LogP contribution in [0.4, 0.5) is 11.4 Å². The number of hydrogen-bond acceptors (Lipinski definition) is 7. The van der Waals surface area contributed by atoms with Crippen molar-refractivity contribution < 1.29 is 24.0 Å². The summed E-state index contributed by atoms with van der Waals surface area (Å²) in [7, 11) is 1.35. The number of amides is 2. The molecule has 156 valence electrons. The van der Waals surface area contributed by atoms with Crippen LogP contribution in [-0.4, -0.2) is 36.7 Å². The van der Waals surface area contributed by atoms with Gasteiger partial charge in [-0.15, -0.1) is 0 Å². The van der Waals surface area contributed by atoms with Crippen LogP contribution in [0.5, 0.6) is 11.5 Å². The Morgan fingerprint density at radius 2 is 2.07 bits per heavy atom. The number of anilines is 1. The fourth-order valence-corrected chi connectivity index (χ4v) is 2.42. The van der Waals surface area contributed by atoms with Crippen LogP contribution in [0.3, 0.4) is 0 Å². The Bertz CT molecular complexity index is 1000. The lowest BCUT2D eigenvalue weighted by atomic mass is 10.1. The number of non-ortho nitro benzene ring substituents is 1. The van der Waals surface area contributed by atoms with Crippen LogP contribution >= 0.6 is 0 Å². The first-order chi connectivity index (χ1) is 14.3.